The Morgan fingerprint density at radius 2 is 1.40 bits per heavy atom. The lowest BCUT2D eigenvalue weighted by Crippen LogP contribution is -2.34. The van der Waals surface area contributed by atoms with E-state index in [0.717, 1.165) is 65.4 Å². The molecule has 0 bridgehead atoms. The second kappa shape index (κ2) is 8.54. The van der Waals surface area contributed by atoms with Crippen LogP contribution in [0.2, 0.25) is 0 Å². The highest BCUT2D eigenvalue weighted by Crippen LogP contribution is 2.40. The van der Waals surface area contributed by atoms with Gasteiger partial charge in [0.2, 0.25) is 0 Å². The third-order valence-electron chi connectivity index (χ3n) is 7.60. The first-order chi connectivity index (χ1) is 17.1. The Labute approximate surface area is 204 Å². The minimum absolute atomic E-state index is 0.321. The van der Waals surface area contributed by atoms with Gasteiger partial charge in [0, 0.05) is 71.5 Å². The number of hydrogen-bond donors (Lipinski definition) is 1. The highest BCUT2D eigenvalue weighted by atomic mass is 16.2. The number of imide groups is 1. The molecule has 1 N–H and O–H groups in total. The lowest BCUT2D eigenvalue weighted by molar-refractivity contribution is -0.122. The van der Waals surface area contributed by atoms with Crippen molar-refractivity contribution in [3.63, 3.8) is 0 Å². The molecule has 4 heterocycles. The quantitative estimate of drug-likeness (QED) is 0.432. The molecular formula is C29H30N4O2. The highest BCUT2D eigenvalue weighted by molar-refractivity contribution is 6.50. The number of likely N-dealkylation sites (tertiary alicyclic amines) is 1. The van der Waals surface area contributed by atoms with E-state index >= 15 is 0 Å². The zero-order chi connectivity index (χ0) is 24.1. The van der Waals surface area contributed by atoms with E-state index in [4.69, 9.17) is 0 Å². The predicted molar refractivity (Wildman–Crippen MR) is 140 cm³/mol. The largest absolute Gasteiger partial charge is 0.350 e. The van der Waals surface area contributed by atoms with E-state index in [1.54, 1.807) is 0 Å². The molecule has 6 rings (SSSR count). The molecule has 2 amide bonds. The molecule has 2 aliphatic heterocycles. The third-order valence-corrected chi connectivity index (χ3v) is 7.60. The minimum atomic E-state index is -0.328. The van der Waals surface area contributed by atoms with Gasteiger partial charge in [0.15, 0.2) is 0 Å². The molecule has 6 nitrogen and oxygen atoms in total. The maximum absolute atomic E-state index is 13.2. The number of hydrogen-bond acceptors (Lipinski definition) is 3. The van der Waals surface area contributed by atoms with Crippen LogP contribution in [0.1, 0.15) is 43.4 Å². The van der Waals surface area contributed by atoms with Gasteiger partial charge < -0.3 is 14.0 Å². The number of carbonyl (C=O) groups excluding carboxylic acids is 2. The van der Waals surface area contributed by atoms with Crippen molar-refractivity contribution in [2.24, 2.45) is 7.05 Å². The molecular weight excluding hydrogens is 436 g/mol. The maximum atomic E-state index is 13.2. The number of rotatable bonds is 5. The first-order valence-electron chi connectivity index (χ1n) is 12.5. The Morgan fingerprint density at radius 1 is 0.829 bits per heavy atom. The van der Waals surface area contributed by atoms with Crippen molar-refractivity contribution in [3.8, 4) is 0 Å². The third kappa shape index (κ3) is 3.51. The molecule has 0 aliphatic carbocycles. The Hall–Kier alpha value is -3.64. The Kier molecular flexibility index (Phi) is 5.33. The molecule has 0 atom stereocenters. The van der Waals surface area contributed by atoms with Crippen LogP contribution in [0.15, 0.2) is 60.9 Å². The molecule has 2 aromatic carbocycles. The van der Waals surface area contributed by atoms with Gasteiger partial charge >= 0.3 is 0 Å². The fraction of sp³-hybridized carbons (Fsp3) is 0.310. The van der Waals surface area contributed by atoms with Crippen molar-refractivity contribution in [2.45, 2.75) is 32.2 Å². The van der Waals surface area contributed by atoms with Crippen LogP contribution < -0.4 is 5.32 Å². The Bertz CT molecular complexity index is 1500. The summed E-state index contributed by atoms with van der Waals surface area (Å²) in [6.07, 6.45) is 7.41. The number of para-hydroxylation sites is 2. The summed E-state index contributed by atoms with van der Waals surface area (Å²) in [6.45, 7) is 5.55. The van der Waals surface area contributed by atoms with Gasteiger partial charge in [0.25, 0.3) is 11.8 Å². The summed E-state index contributed by atoms with van der Waals surface area (Å²) in [5.74, 6) is -0.648. The van der Waals surface area contributed by atoms with Gasteiger partial charge in [0.05, 0.1) is 11.1 Å². The summed E-state index contributed by atoms with van der Waals surface area (Å²) in [7, 11) is 1.97. The van der Waals surface area contributed by atoms with E-state index in [2.05, 4.69) is 46.1 Å². The second-order valence-corrected chi connectivity index (χ2v) is 9.74. The summed E-state index contributed by atoms with van der Waals surface area (Å²) >= 11 is 0. The molecule has 6 heteroatoms. The van der Waals surface area contributed by atoms with Crippen LogP contribution in [0, 0.1) is 0 Å². The summed E-state index contributed by atoms with van der Waals surface area (Å²) in [6, 6.07) is 16.6. The van der Waals surface area contributed by atoms with E-state index in [-0.39, 0.29) is 11.8 Å². The average Bonchev–Trinajstić information content (AvgIpc) is 3.50. The summed E-state index contributed by atoms with van der Waals surface area (Å²) in [5.41, 5.74) is 4.72. The average molecular weight is 467 g/mol. The number of benzene rings is 2. The van der Waals surface area contributed by atoms with E-state index in [0.29, 0.717) is 17.2 Å². The van der Waals surface area contributed by atoms with Gasteiger partial charge in [-0.2, -0.15) is 0 Å². The number of piperidine rings is 1. The number of nitrogens with zero attached hydrogens (tertiary/aromatic N) is 3. The van der Waals surface area contributed by atoms with Crippen LogP contribution in [0.25, 0.3) is 33.0 Å². The first kappa shape index (κ1) is 21.9. The standard InChI is InChI=1S/C29H30N4O2/c1-3-14-32-15-12-19(13-16-32)33-18-23(21-9-5-7-11-25(21)33)27-26(28(34)30-29(27)35)22-17-31(2)24-10-6-4-8-20(22)24/h4-11,17-19H,3,12-16H2,1-2H3,(H,30,34,35). The molecule has 1 fully saturated rings. The van der Waals surface area contributed by atoms with E-state index in [9.17, 15) is 9.59 Å². The molecule has 178 valence electrons. The van der Waals surface area contributed by atoms with Crippen molar-refractivity contribution in [1.82, 2.24) is 19.4 Å². The fourth-order valence-corrected chi connectivity index (χ4v) is 5.95. The number of carbonyl (C=O) groups is 2. The number of nitrogens with one attached hydrogen (secondary N) is 1. The van der Waals surface area contributed by atoms with Gasteiger partial charge in [-0.25, -0.2) is 0 Å². The monoisotopic (exact) mass is 466 g/mol. The molecule has 35 heavy (non-hydrogen) atoms. The number of aromatic nitrogens is 2. The number of amides is 2. The van der Waals surface area contributed by atoms with Crippen molar-refractivity contribution in [2.75, 3.05) is 19.6 Å². The SMILES string of the molecule is CCCN1CCC(n2cc(C3=C(c4cn(C)c5ccccc45)C(=O)NC3=O)c3ccccc32)CC1. The predicted octanol–water partition coefficient (Wildman–Crippen LogP) is 4.75. The molecule has 0 spiro atoms. The van der Waals surface area contributed by atoms with E-state index in [1.807, 2.05) is 48.1 Å². The Balaban J connectivity index is 1.52. The lowest BCUT2D eigenvalue weighted by Gasteiger charge is -2.32. The molecule has 0 radical (unpaired) electrons. The first-order valence-corrected chi connectivity index (χ1v) is 12.5. The molecule has 2 aliphatic rings. The van der Waals surface area contributed by atoms with Crippen LogP contribution >= 0.6 is 0 Å². The summed E-state index contributed by atoms with van der Waals surface area (Å²) in [4.78, 5) is 28.9. The van der Waals surface area contributed by atoms with Crippen molar-refractivity contribution in [3.05, 3.63) is 72.1 Å². The van der Waals surface area contributed by atoms with Crippen LogP contribution in [0.3, 0.4) is 0 Å². The van der Waals surface area contributed by atoms with E-state index in [1.165, 1.54) is 6.42 Å². The summed E-state index contributed by atoms with van der Waals surface area (Å²) in [5, 5.41) is 4.57. The molecule has 0 saturated carbocycles. The van der Waals surface area contributed by atoms with Gasteiger partial charge in [0.1, 0.15) is 0 Å². The van der Waals surface area contributed by atoms with Crippen LogP contribution in [0.5, 0.6) is 0 Å². The van der Waals surface area contributed by atoms with Gasteiger partial charge in [-0.05, 0) is 37.9 Å². The van der Waals surface area contributed by atoms with Crippen LogP contribution in [0.4, 0.5) is 0 Å². The van der Waals surface area contributed by atoms with Crippen LogP contribution in [-0.4, -0.2) is 45.5 Å². The van der Waals surface area contributed by atoms with Crippen molar-refractivity contribution < 1.29 is 9.59 Å². The smallest absolute Gasteiger partial charge is 0.259 e. The Morgan fingerprint density at radius 3 is 2.06 bits per heavy atom. The minimum Gasteiger partial charge on any atom is -0.350 e. The molecule has 1 saturated heterocycles. The molecule has 2 aromatic heterocycles. The van der Waals surface area contributed by atoms with Crippen molar-refractivity contribution >= 4 is 44.8 Å². The molecule has 4 aromatic rings. The maximum Gasteiger partial charge on any atom is 0.259 e. The summed E-state index contributed by atoms with van der Waals surface area (Å²) < 4.78 is 4.36. The van der Waals surface area contributed by atoms with Gasteiger partial charge in [-0.3, -0.25) is 14.9 Å². The second-order valence-electron chi connectivity index (χ2n) is 9.74. The van der Waals surface area contributed by atoms with Gasteiger partial charge in [-0.15, -0.1) is 0 Å². The lowest BCUT2D eigenvalue weighted by atomic mass is 9.95. The number of fused-ring (bicyclic) bond motifs is 2. The molecule has 0 unspecified atom stereocenters. The zero-order valence-electron chi connectivity index (χ0n) is 20.3. The van der Waals surface area contributed by atoms with E-state index < -0.39 is 0 Å². The highest BCUT2D eigenvalue weighted by Gasteiger charge is 2.35. The van der Waals surface area contributed by atoms with Gasteiger partial charge in [-0.1, -0.05) is 43.3 Å². The topological polar surface area (TPSA) is 59.3 Å². The van der Waals surface area contributed by atoms with Crippen LogP contribution in [-0.2, 0) is 16.6 Å². The number of aryl methyl sites for hydroxylation is 1. The zero-order valence-corrected chi connectivity index (χ0v) is 20.3. The van der Waals surface area contributed by atoms with Crippen molar-refractivity contribution in [1.29, 1.82) is 0 Å². The fourth-order valence-electron chi connectivity index (χ4n) is 5.95. The normalized spacial score (nSPS) is 17.8.